The van der Waals surface area contributed by atoms with Gasteiger partial charge in [0.05, 0.1) is 6.10 Å². The lowest BCUT2D eigenvalue weighted by Crippen LogP contribution is -2.43. The van der Waals surface area contributed by atoms with Crippen LogP contribution in [-0.2, 0) is 0 Å². The molecule has 0 aromatic heterocycles. The first kappa shape index (κ1) is 16.3. The second-order valence-electron chi connectivity index (χ2n) is 5.70. The maximum absolute atomic E-state index is 12.6. The van der Waals surface area contributed by atoms with Crippen molar-refractivity contribution in [1.82, 2.24) is 10.2 Å². The normalized spacial score (nSPS) is 16.3. The number of nitrogens with zero attached hydrogens (tertiary/aromatic N) is 1. The van der Waals surface area contributed by atoms with Gasteiger partial charge in [-0.3, -0.25) is 4.79 Å². The number of piperidine rings is 1. The molecule has 116 valence electrons. The van der Waals surface area contributed by atoms with Gasteiger partial charge in [-0.2, -0.15) is 0 Å². The zero-order valence-corrected chi connectivity index (χ0v) is 14.4. The summed E-state index contributed by atoms with van der Waals surface area (Å²) in [5.41, 5.74) is 0.683. The number of hydrogen-bond acceptors (Lipinski definition) is 3. The van der Waals surface area contributed by atoms with Gasteiger partial charge in [0.2, 0.25) is 0 Å². The van der Waals surface area contributed by atoms with Gasteiger partial charge in [0.1, 0.15) is 5.75 Å². The minimum absolute atomic E-state index is 0.0828. The Morgan fingerprint density at radius 1 is 1.33 bits per heavy atom. The minimum Gasteiger partial charge on any atom is -0.491 e. The van der Waals surface area contributed by atoms with Crippen molar-refractivity contribution in [1.29, 1.82) is 0 Å². The molecule has 1 aliphatic heterocycles. The molecule has 1 aromatic carbocycles. The van der Waals surface area contributed by atoms with Crippen molar-refractivity contribution in [3.8, 4) is 5.75 Å². The van der Waals surface area contributed by atoms with Crippen LogP contribution in [0.5, 0.6) is 5.75 Å². The molecule has 1 aliphatic rings. The van der Waals surface area contributed by atoms with Gasteiger partial charge in [-0.25, -0.2) is 0 Å². The summed E-state index contributed by atoms with van der Waals surface area (Å²) < 4.78 is 6.57. The Kier molecular flexibility index (Phi) is 5.65. The molecule has 1 aromatic rings. The van der Waals surface area contributed by atoms with Crippen LogP contribution in [0.25, 0.3) is 0 Å². The van der Waals surface area contributed by atoms with Crippen molar-refractivity contribution in [3.63, 3.8) is 0 Å². The fourth-order valence-electron chi connectivity index (χ4n) is 2.58. The van der Waals surface area contributed by atoms with Crippen molar-refractivity contribution in [2.45, 2.75) is 38.8 Å². The first-order chi connectivity index (χ1) is 9.99. The third kappa shape index (κ3) is 4.45. The molecular weight excluding hydrogens is 332 g/mol. The maximum Gasteiger partial charge on any atom is 0.254 e. The Labute approximate surface area is 135 Å². The zero-order valence-electron chi connectivity index (χ0n) is 12.9. The van der Waals surface area contributed by atoms with Crippen molar-refractivity contribution >= 4 is 21.8 Å². The Morgan fingerprint density at radius 3 is 2.57 bits per heavy atom. The molecule has 0 spiro atoms. The number of benzene rings is 1. The number of hydrogen-bond donors (Lipinski definition) is 1. The Balaban J connectivity index is 2.10. The molecule has 0 radical (unpaired) electrons. The average molecular weight is 355 g/mol. The van der Waals surface area contributed by atoms with Crippen LogP contribution in [0.2, 0.25) is 0 Å². The van der Waals surface area contributed by atoms with Crippen LogP contribution >= 0.6 is 15.9 Å². The smallest absolute Gasteiger partial charge is 0.254 e. The standard InChI is InChI=1S/C16H23BrN2O2/c1-11(2)21-15-9-12(8-13(17)10-15)16(20)19-6-4-14(18-3)5-7-19/h8-11,14,18H,4-7H2,1-3H3. The third-order valence-corrected chi connectivity index (χ3v) is 4.14. The van der Waals surface area contributed by atoms with Gasteiger partial charge in [-0.05, 0) is 51.9 Å². The lowest BCUT2D eigenvalue weighted by atomic mass is 10.0. The van der Waals surface area contributed by atoms with Gasteiger partial charge in [-0.15, -0.1) is 0 Å². The average Bonchev–Trinajstić information content (AvgIpc) is 2.45. The maximum atomic E-state index is 12.6. The molecule has 1 fully saturated rings. The second kappa shape index (κ2) is 7.27. The van der Waals surface area contributed by atoms with Crippen LogP contribution in [0.15, 0.2) is 22.7 Å². The fourth-order valence-corrected chi connectivity index (χ4v) is 3.05. The fraction of sp³-hybridized carbons (Fsp3) is 0.562. The first-order valence-electron chi connectivity index (χ1n) is 7.43. The van der Waals surface area contributed by atoms with Crippen molar-refractivity contribution < 1.29 is 9.53 Å². The molecule has 1 N–H and O–H groups in total. The lowest BCUT2D eigenvalue weighted by Gasteiger charge is -2.32. The number of rotatable bonds is 4. The van der Waals surface area contributed by atoms with Gasteiger partial charge in [0, 0.05) is 29.2 Å². The molecule has 0 bridgehead atoms. The molecule has 0 atom stereocenters. The molecular formula is C16H23BrN2O2. The van der Waals surface area contributed by atoms with E-state index in [1.165, 1.54) is 0 Å². The van der Waals surface area contributed by atoms with E-state index in [-0.39, 0.29) is 12.0 Å². The van der Waals surface area contributed by atoms with E-state index in [0.717, 1.165) is 36.2 Å². The number of halogens is 1. The summed E-state index contributed by atoms with van der Waals surface area (Å²) in [5, 5.41) is 3.28. The molecule has 0 saturated carbocycles. The highest BCUT2D eigenvalue weighted by Gasteiger charge is 2.23. The number of nitrogens with one attached hydrogen (secondary N) is 1. The third-order valence-electron chi connectivity index (χ3n) is 3.68. The Hall–Kier alpha value is -1.07. The highest BCUT2D eigenvalue weighted by molar-refractivity contribution is 9.10. The molecule has 0 unspecified atom stereocenters. The number of likely N-dealkylation sites (tertiary alicyclic amines) is 1. The summed E-state index contributed by atoms with van der Waals surface area (Å²) in [5.74, 6) is 0.812. The summed E-state index contributed by atoms with van der Waals surface area (Å²) >= 11 is 3.46. The highest BCUT2D eigenvalue weighted by atomic mass is 79.9. The van der Waals surface area contributed by atoms with Crippen LogP contribution in [0.4, 0.5) is 0 Å². The van der Waals surface area contributed by atoms with Gasteiger partial charge < -0.3 is 15.0 Å². The number of ether oxygens (including phenoxy) is 1. The van der Waals surface area contributed by atoms with Crippen LogP contribution in [0.3, 0.4) is 0 Å². The molecule has 4 nitrogen and oxygen atoms in total. The van der Waals surface area contributed by atoms with Crippen LogP contribution in [0, 0.1) is 0 Å². The number of carbonyl (C=O) groups excluding carboxylic acids is 1. The van der Waals surface area contributed by atoms with E-state index in [0.29, 0.717) is 11.6 Å². The van der Waals surface area contributed by atoms with E-state index in [9.17, 15) is 4.79 Å². The van der Waals surface area contributed by atoms with Crippen LogP contribution in [0.1, 0.15) is 37.0 Å². The summed E-state index contributed by atoms with van der Waals surface area (Å²) in [7, 11) is 1.98. The number of amides is 1. The quantitative estimate of drug-likeness (QED) is 0.903. The second-order valence-corrected chi connectivity index (χ2v) is 6.61. The van der Waals surface area contributed by atoms with Gasteiger partial charge in [0.15, 0.2) is 0 Å². The SMILES string of the molecule is CNC1CCN(C(=O)c2cc(Br)cc(OC(C)C)c2)CC1. The summed E-state index contributed by atoms with van der Waals surface area (Å²) in [6.07, 6.45) is 2.10. The topological polar surface area (TPSA) is 41.6 Å². The van der Waals surface area contributed by atoms with Gasteiger partial charge in [0.25, 0.3) is 5.91 Å². The van der Waals surface area contributed by atoms with E-state index < -0.39 is 0 Å². The van der Waals surface area contributed by atoms with E-state index in [4.69, 9.17) is 4.74 Å². The van der Waals surface area contributed by atoms with Crippen molar-refractivity contribution in [3.05, 3.63) is 28.2 Å². The molecule has 2 rings (SSSR count). The van der Waals surface area contributed by atoms with Crippen LogP contribution < -0.4 is 10.1 Å². The summed E-state index contributed by atoms with van der Waals surface area (Å²) in [6.45, 7) is 5.56. The molecule has 1 heterocycles. The van der Waals surface area contributed by atoms with E-state index in [1.54, 1.807) is 0 Å². The van der Waals surface area contributed by atoms with Crippen molar-refractivity contribution in [2.75, 3.05) is 20.1 Å². The largest absolute Gasteiger partial charge is 0.491 e. The molecule has 5 heteroatoms. The molecule has 21 heavy (non-hydrogen) atoms. The van der Waals surface area contributed by atoms with Crippen LogP contribution in [-0.4, -0.2) is 43.1 Å². The van der Waals surface area contributed by atoms with Crippen molar-refractivity contribution in [2.24, 2.45) is 0 Å². The van der Waals surface area contributed by atoms with Gasteiger partial charge >= 0.3 is 0 Å². The lowest BCUT2D eigenvalue weighted by molar-refractivity contribution is 0.0706. The Morgan fingerprint density at radius 2 is 2.00 bits per heavy atom. The molecule has 0 aliphatic carbocycles. The van der Waals surface area contributed by atoms with Gasteiger partial charge in [-0.1, -0.05) is 15.9 Å². The molecule has 1 saturated heterocycles. The monoisotopic (exact) mass is 354 g/mol. The summed E-state index contributed by atoms with van der Waals surface area (Å²) in [4.78, 5) is 14.5. The predicted molar refractivity (Wildman–Crippen MR) is 87.9 cm³/mol. The van der Waals surface area contributed by atoms with E-state index >= 15 is 0 Å². The first-order valence-corrected chi connectivity index (χ1v) is 8.22. The Bertz CT molecular complexity index is 497. The summed E-state index contributed by atoms with van der Waals surface area (Å²) in [6, 6.07) is 6.11. The van der Waals surface area contributed by atoms with E-state index in [1.807, 2.05) is 44.0 Å². The molecule has 1 amide bonds. The zero-order chi connectivity index (χ0) is 15.4. The minimum atomic E-state index is 0.0828. The highest BCUT2D eigenvalue weighted by Crippen LogP contribution is 2.24. The van der Waals surface area contributed by atoms with E-state index in [2.05, 4.69) is 21.2 Å². The predicted octanol–water partition coefficient (Wildman–Crippen LogP) is 3.06. The number of carbonyl (C=O) groups is 1.